The average molecular weight is 437 g/mol. The van der Waals surface area contributed by atoms with Gasteiger partial charge in [0.1, 0.15) is 0 Å². The van der Waals surface area contributed by atoms with E-state index in [1.807, 2.05) is 0 Å². The van der Waals surface area contributed by atoms with Crippen molar-refractivity contribution in [2.24, 2.45) is 0 Å². The number of likely N-dealkylation sites (tertiary alicyclic amines) is 1. The molecule has 0 bridgehead atoms. The van der Waals surface area contributed by atoms with Crippen molar-refractivity contribution in [2.45, 2.75) is 25.4 Å². The number of halogens is 3. The number of nitrogens with zero attached hydrogens (tertiary/aromatic N) is 4. The first-order valence-corrected chi connectivity index (χ1v) is 10.1. The number of aromatic nitrogens is 3. The van der Waals surface area contributed by atoms with E-state index in [1.54, 1.807) is 28.5 Å². The third-order valence-corrected chi connectivity index (χ3v) is 5.85. The highest BCUT2D eigenvalue weighted by Crippen LogP contribution is 2.35. The van der Waals surface area contributed by atoms with Gasteiger partial charge >= 0.3 is 6.18 Å². The number of hydrogen-bond acceptors (Lipinski definition) is 5. The van der Waals surface area contributed by atoms with E-state index in [2.05, 4.69) is 15.4 Å². The lowest BCUT2D eigenvalue weighted by atomic mass is 10.1. The Morgan fingerprint density at radius 3 is 2.80 bits per heavy atom. The van der Waals surface area contributed by atoms with Gasteiger partial charge in [-0.05, 0) is 23.9 Å². The number of hydrogen-bond donors (Lipinski definition) is 1. The van der Waals surface area contributed by atoms with Crippen molar-refractivity contribution < 1.29 is 22.8 Å². The van der Waals surface area contributed by atoms with Gasteiger partial charge in [-0.2, -0.15) is 18.3 Å². The molecule has 1 atom stereocenters. The van der Waals surface area contributed by atoms with Crippen LogP contribution in [0.4, 0.5) is 13.2 Å². The van der Waals surface area contributed by atoms with Crippen molar-refractivity contribution >= 4 is 28.8 Å². The molecule has 1 aliphatic rings. The van der Waals surface area contributed by atoms with Crippen LogP contribution in [0.3, 0.4) is 0 Å². The smallest absolute Gasteiger partial charge is 0.347 e. The molecule has 0 aromatic carbocycles. The summed E-state index contributed by atoms with van der Waals surface area (Å²) in [5.41, 5.74) is -0.0639. The Morgan fingerprint density at radius 1 is 1.33 bits per heavy atom. The maximum atomic E-state index is 13.7. The summed E-state index contributed by atoms with van der Waals surface area (Å²) in [6, 6.07) is 6.04. The number of carbonyl (C=O) groups is 2. The summed E-state index contributed by atoms with van der Waals surface area (Å²) in [5.74, 6) is -0.725. The molecule has 1 saturated heterocycles. The summed E-state index contributed by atoms with van der Waals surface area (Å²) in [6.07, 6.45) is -4.01. The fourth-order valence-electron chi connectivity index (χ4n) is 3.48. The predicted octanol–water partition coefficient (Wildman–Crippen LogP) is 2.93. The van der Waals surface area contributed by atoms with Gasteiger partial charge in [0.05, 0.1) is 22.8 Å². The zero-order valence-corrected chi connectivity index (χ0v) is 16.8. The number of rotatable bonds is 4. The quantitative estimate of drug-likeness (QED) is 0.681. The minimum Gasteiger partial charge on any atom is -0.347 e. The average Bonchev–Trinajstić information content (AvgIpc) is 3.43. The Morgan fingerprint density at radius 2 is 2.13 bits per heavy atom. The zero-order chi connectivity index (χ0) is 21.5. The SMILES string of the molecule is CC(=O)NCC(=O)N1CCC(c2cc3nc(-c4cccs4)cc(C(F)(F)F)n3n2)C1. The molecule has 0 spiro atoms. The van der Waals surface area contributed by atoms with E-state index in [0.717, 1.165) is 10.6 Å². The molecule has 0 radical (unpaired) electrons. The van der Waals surface area contributed by atoms with Gasteiger partial charge in [0.2, 0.25) is 11.8 Å². The molecule has 1 N–H and O–H groups in total. The van der Waals surface area contributed by atoms with E-state index in [0.29, 0.717) is 30.1 Å². The van der Waals surface area contributed by atoms with Gasteiger partial charge < -0.3 is 10.2 Å². The topological polar surface area (TPSA) is 79.6 Å². The molecule has 1 aliphatic heterocycles. The van der Waals surface area contributed by atoms with Crippen molar-refractivity contribution in [1.82, 2.24) is 24.8 Å². The number of fused-ring (bicyclic) bond motifs is 1. The fraction of sp³-hybridized carbons (Fsp3) is 0.368. The summed E-state index contributed by atoms with van der Waals surface area (Å²) >= 11 is 1.31. The van der Waals surface area contributed by atoms with Crippen LogP contribution in [0.1, 0.15) is 30.7 Å². The van der Waals surface area contributed by atoms with Crippen LogP contribution in [0.5, 0.6) is 0 Å². The van der Waals surface area contributed by atoms with Crippen LogP contribution >= 0.6 is 11.3 Å². The molecule has 4 heterocycles. The molecule has 2 amide bonds. The van der Waals surface area contributed by atoms with Crippen LogP contribution < -0.4 is 5.32 Å². The highest BCUT2D eigenvalue weighted by Gasteiger charge is 2.36. The van der Waals surface area contributed by atoms with Gasteiger partial charge in [0, 0.05) is 32.0 Å². The van der Waals surface area contributed by atoms with E-state index in [1.165, 1.54) is 18.3 Å². The van der Waals surface area contributed by atoms with E-state index in [-0.39, 0.29) is 35.6 Å². The minimum atomic E-state index is -4.59. The van der Waals surface area contributed by atoms with Crippen LogP contribution in [0.25, 0.3) is 16.2 Å². The van der Waals surface area contributed by atoms with E-state index in [4.69, 9.17) is 0 Å². The molecule has 30 heavy (non-hydrogen) atoms. The Hall–Kier alpha value is -2.95. The van der Waals surface area contributed by atoms with Crippen LogP contribution in [-0.4, -0.2) is 50.9 Å². The maximum Gasteiger partial charge on any atom is 0.433 e. The maximum absolute atomic E-state index is 13.7. The van der Waals surface area contributed by atoms with Gasteiger partial charge in [-0.15, -0.1) is 11.3 Å². The molecule has 0 saturated carbocycles. The first-order chi connectivity index (χ1) is 14.2. The number of amides is 2. The van der Waals surface area contributed by atoms with E-state index < -0.39 is 11.9 Å². The van der Waals surface area contributed by atoms with E-state index in [9.17, 15) is 22.8 Å². The molecule has 11 heteroatoms. The minimum absolute atomic E-state index is 0.100. The molecule has 4 rings (SSSR count). The number of nitrogens with one attached hydrogen (secondary N) is 1. The second-order valence-electron chi connectivity index (χ2n) is 7.08. The van der Waals surface area contributed by atoms with E-state index >= 15 is 0 Å². The number of alkyl halides is 3. The summed E-state index contributed by atoms with van der Waals surface area (Å²) in [4.78, 5) is 29.8. The number of thiophene rings is 1. The Bertz CT molecular complexity index is 1090. The Kier molecular flexibility index (Phi) is 5.22. The molecule has 3 aromatic rings. The summed E-state index contributed by atoms with van der Waals surface area (Å²) < 4.78 is 41.8. The molecule has 1 unspecified atom stereocenters. The van der Waals surface area contributed by atoms with Crippen LogP contribution in [0.15, 0.2) is 29.6 Å². The standard InChI is InChI=1S/C19H18F3N5O2S/c1-11(28)23-9-18(29)26-5-4-12(10-26)13-8-17-24-14(15-3-2-6-30-15)7-16(19(20,21)22)27(17)25-13/h2-3,6-8,12H,4-5,9-10H2,1H3,(H,23,28). The predicted molar refractivity (Wildman–Crippen MR) is 104 cm³/mol. The van der Waals surface area contributed by atoms with Crippen molar-refractivity contribution in [1.29, 1.82) is 0 Å². The molecule has 0 aliphatic carbocycles. The Labute approximate surface area is 173 Å². The number of carbonyl (C=O) groups excluding carboxylic acids is 2. The zero-order valence-electron chi connectivity index (χ0n) is 15.9. The lowest BCUT2D eigenvalue weighted by Gasteiger charge is -2.16. The summed E-state index contributed by atoms with van der Waals surface area (Å²) in [5, 5.41) is 8.42. The molecule has 158 valence electrons. The fourth-order valence-corrected chi connectivity index (χ4v) is 4.17. The Balaban J connectivity index is 1.63. The van der Waals surface area contributed by atoms with Gasteiger partial charge in [-0.1, -0.05) is 6.07 Å². The monoisotopic (exact) mass is 437 g/mol. The lowest BCUT2D eigenvalue weighted by Crippen LogP contribution is -2.38. The molecule has 7 nitrogen and oxygen atoms in total. The van der Waals surface area contributed by atoms with Crippen LogP contribution in [0, 0.1) is 0 Å². The molecular weight excluding hydrogens is 419 g/mol. The summed E-state index contributed by atoms with van der Waals surface area (Å²) in [7, 11) is 0. The largest absolute Gasteiger partial charge is 0.433 e. The lowest BCUT2D eigenvalue weighted by molar-refractivity contribution is -0.142. The molecular formula is C19H18F3N5O2S. The highest BCUT2D eigenvalue weighted by atomic mass is 32.1. The second-order valence-corrected chi connectivity index (χ2v) is 8.02. The van der Waals surface area contributed by atoms with Crippen LogP contribution in [-0.2, 0) is 15.8 Å². The highest BCUT2D eigenvalue weighted by molar-refractivity contribution is 7.13. The van der Waals surface area contributed by atoms with Gasteiger partial charge in [0.25, 0.3) is 0 Å². The third kappa shape index (κ3) is 4.02. The van der Waals surface area contributed by atoms with Crippen LogP contribution in [0.2, 0.25) is 0 Å². The molecule has 3 aromatic heterocycles. The van der Waals surface area contributed by atoms with Crippen molar-refractivity contribution in [3.05, 3.63) is 41.0 Å². The van der Waals surface area contributed by atoms with Gasteiger partial charge in [-0.25, -0.2) is 9.50 Å². The van der Waals surface area contributed by atoms with Crippen molar-refractivity contribution in [3.63, 3.8) is 0 Å². The van der Waals surface area contributed by atoms with Gasteiger partial charge in [0.15, 0.2) is 11.3 Å². The first-order valence-electron chi connectivity index (χ1n) is 9.26. The summed E-state index contributed by atoms with van der Waals surface area (Å²) in [6.45, 7) is 2.02. The van der Waals surface area contributed by atoms with Crippen molar-refractivity contribution in [3.8, 4) is 10.6 Å². The van der Waals surface area contributed by atoms with Gasteiger partial charge in [-0.3, -0.25) is 9.59 Å². The first kappa shape index (κ1) is 20.3. The second kappa shape index (κ2) is 7.71. The molecule has 1 fully saturated rings. The third-order valence-electron chi connectivity index (χ3n) is 4.96. The normalized spacial score (nSPS) is 16.9. The van der Waals surface area contributed by atoms with Crippen molar-refractivity contribution in [2.75, 3.05) is 19.6 Å².